The standard InChI is InChI=1S/C25H25F2N5O4/c1-16(2)12-30-15-28-22-21(30)23(34)32(25(35)31(22)13-17-8-4-3-5-9-17)14-20(33)29-18-10-6-7-11-19(18)36-24(26)27/h3-11,15-16,24H,12-14H2,1-2H3,(H,29,33). The van der Waals surface area contributed by atoms with Gasteiger partial charge in [0.1, 0.15) is 12.3 Å². The summed E-state index contributed by atoms with van der Waals surface area (Å²) in [5.74, 6) is -0.792. The predicted molar refractivity (Wildman–Crippen MR) is 130 cm³/mol. The van der Waals surface area contributed by atoms with Crippen LogP contribution in [0.2, 0.25) is 0 Å². The molecule has 0 bridgehead atoms. The lowest BCUT2D eigenvalue weighted by Gasteiger charge is -2.14. The summed E-state index contributed by atoms with van der Waals surface area (Å²) in [5.41, 5.74) is -0.142. The van der Waals surface area contributed by atoms with Gasteiger partial charge in [-0.2, -0.15) is 8.78 Å². The number of hydrogen-bond donors (Lipinski definition) is 1. The van der Waals surface area contributed by atoms with Gasteiger partial charge < -0.3 is 14.6 Å². The van der Waals surface area contributed by atoms with Crippen LogP contribution in [0.5, 0.6) is 5.75 Å². The predicted octanol–water partition coefficient (Wildman–Crippen LogP) is 3.30. The number of amides is 1. The molecule has 0 atom stereocenters. The number of aromatic nitrogens is 4. The van der Waals surface area contributed by atoms with E-state index in [-0.39, 0.29) is 35.1 Å². The fraction of sp³-hybridized carbons (Fsp3) is 0.280. The van der Waals surface area contributed by atoms with E-state index < -0.39 is 30.3 Å². The summed E-state index contributed by atoms with van der Waals surface area (Å²) in [6.07, 6.45) is 1.51. The Balaban J connectivity index is 1.76. The lowest BCUT2D eigenvalue weighted by atomic mass is 10.2. The first-order valence-corrected chi connectivity index (χ1v) is 11.3. The van der Waals surface area contributed by atoms with E-state index in [0.29, 0.717) is 6.54 Å². The zero-order valence-corrected chi connectivity index (χ0v) is 19.7. The number of alkyl halides is 2. The summed E-state index contributed by atoms with van der Waals surface area (Å²) in [5, 5.41) is 2.45. The van der Waals surface area contributed by atoms with Gasteiger partial charge >= 0.3 is 12.3 Å². The molecule has 0 aliphatic heterocycles. The van der Waals surface area contributed by atoms with Crippen molar-refractivity contribution in [2.75, 3.05) is 5.32 Å². The summed E-state index contributed by atoms with van der Waals surface area (Å²) >= 11 is 0. The summed E-state index contributed by atoms with van der Waals surface area (Å²) in [4.78, 5) is 44.0. The lowest BCUT2D eigenvalue weighted by molar-refractivity contribution is -0.116. The van der Waals surface area contributed by atoms with Gasteiger partial charge in [0, 0.05) is 6.54 Å². The van der Waals surface area contributed by atoms with Gasteiger partial charge in [0.05, 0.1) is 18.6 Å². The van der Waals surface area contributed by atoms with Crippen molar-refractivity contribution in [2.45, 2.75) is 40.1 Å². The molecule has 2 aromatic carbocycles. The van der Waals surface area contributed by atoms with E-state index in [4.69, 9.17) is 0 Å². The Morgan fingerprint density at radius 1 is 1.03 bits per heavy atom. The summed E-state index contributed by atoms with van der Waals surface area (Å²) in [6, 6.07) is 14.9. The number of benzene rings is 2. The second kappa shape index (κ2) is 10.5. The maximum atomic E-state index is 13.4. The first-order valence-electron chi connectivity index (χ1n) is 11.3. The maximum Gasteiger partial charge on any atom is 0.387 e. The smallest absolute Gasteiger partial charge is 0.387 e. The molecule has 0 saturated carbocycles. The number of hydrogen-bond acceptors (Lipinski definition) is 5. The molecule has 188 valence electrons. The molecule has 0 aliphatic carbocycles. The summed E-state index contributed by atoms with van der Waals surface area (Å²) < 4.78 is 33.7. The maximum absolute atomic E-state index is 13.4. The minimum atomic E-state index is -3.08. The Morgan fingerprint density at radius 2 is 1.72 bits per heavy atom. The molecule has 36 heavy (non-hydrogen) atoms. The number of imidazole rings is 1. The molecule has 0 saturated heterocycles. The lowest BCUT2D eigenvalue weighted by Crippen LogP contribution is -2.43. The monoisotopic (exact) mass is 497 g/mol. The number of rotatable bonds is 9. The number of carbonyl (C=O) groups is 1. The Kier molecular flexibility index (Phi) is 7.28. The third kappa shape index (κ3) is 5.35. The van der Waals surface area contributed by atoms with Crippen LogP contribution >= 0.6 is 0 Å². The number of fused-ring (bicyclic) bond motifs is 1. The molecule has 0 aliphatic rings. The highest BCUT2D eigenvalue weighted by molar-refractivity contribution is 5.92. The first kappa shape index (κ1) is 24.8. The van der Waals surface area contributed by atoms with Crippen molar-refractivity contribution in [3.05, 3.63) is 87.3 Å². The van der Waals surface area contributed by atoms with Crippen LogP contribution in [0.4, 0.5) is 14.5 Å². The Morgan fingerprint density at radius 3 is 2.42 bits per heavy atom. The zero-order chi connectivity index (χ0) is 25.8. The fourth-order valence-electron chi connectivity index (χ4n) is 3.92. The van der Waals surface area contributed by atoms with E-state index in [0.717, 1.165) is 10.1 Å². The average molecular weight is 498 g/mol. The van der Waals surface area contributed by atoms with Crippen molar-refractivity contribution in [1.82, 2.24) is 18.7 Å². The topological polar surface area (TPSA) is 100 Å². The molecular weight excluding hydrogens is 472 g/mol. The van der Waals surface area contributed by atoms with Gasteiger partial charge in [-0.15, -0.1) is 0 Å². The zero-order valence-electron chi connectivity index (χ0n) is 19.7. The number of halogens is 2. The molecule has 4 rings (SSSR count). The van der Waals surface area contributed by atoms with E-state index in [2.05, 4.69) is 15.0 Å². The van der Waals surface area contributed by atoms with Crippen LogP contribution in [0.15, 0.2) is 70.5 Å². The highest BCUT2D eigenvalue weighted by atomic mass is 19.3. The van der Waals surface area contributed by atoms with Gasteiger partial charge in [-0.1, -0.05) is 56.3 Å². The van der Waals surface area contributed by atoms with Gasteiger partial charge in [-0.3, -0.25) is 14.2 Å². The van der Waals surface area contributed by atoms with Crippen LogP contribution in [0.25, 0.3) is 11.2 Å². The van der Waals surface area contributed by atoms with Gasteiger partial charge in [-0.05, 0) is 23.6 Å². The highest BCUT2D eigenvalue weighted by Crippen LogP contribution is 2.25. The van der Waals surface area contributed by atoms with Gasteiger partial charge in [-0.25, -0.2) is 14.3 Å². The molecule has 1 N–H and O–H groups in total. The van der Waals surface area contributed by atoms with Crippen molar-refractivity contribution < 1.29 is 18.3 Å². The Bertz CT molecular complexity index is 1490. The van der Waals surface area contributed by atoms with E-state index in [9.17, 15) is 23.2 Å². The summed E-state index contributed by atoms with van der Waals surface area (Å²) in [7, 11) is 0. The molecule has 0 spiro atoms. The molecule has 2 aromatic heterocycles. The third-order valence-electron chi connectivity index (χ3n) is 5.41. The van der Waals surface area contributed by atoms with Crippen LogP contribution in [0.3, 0.4) is 0 Å². The molecule has 0 fully saturated rings. The second-order valence-corrected chi connectivity index (χ2v) is 8.63. The number of para-hydroxylation sites is 2. The summed E-state index contributed by atoms with van der Waals surface area (Å²) in [6.45, 7) is 0.882. The van der Waals surface area contributed by atoms with Crippen molar-refractivity contribution >= 4 is 22.8 Å². The SMILES string of the molecule is CC(C)Cn1cnc2c1c(=O)n(CC(=O)Nc1ccccc1OC(F)F)c(=O)n2Cc1ccccc1. The van der Waals surface area contributed by atoms with Crippen molar-refractivity contribution in [1.29, 1.82) is 0 Å². The van der Waals surface area contributed by atoms with Crippen LogP contribution in [0.1, 0.15) is 19.4 Å². The first-order chi connectivity index (χ1) is 17.2. The molecule has 9 nitrogen and oxygen atoms in total. The average Bonchev–Trinajstić information content (AvgIpc) is 3.24. The van der Waals surface area contributed by atoms with Crippen LogP contribution in [-0.4, -0.2) is 31.2 Å². The highest BCUT2D eigenvalue weighted by Gasteiger charge is 2.21. The molecular formula is C25H25F2N5O4. The Hall–Kier alpha value is -4.28. The number of nitrogens with one attached hydrogen (secondary N) is 1. The van der Waals surface area contributed by atoms with E-state index in [1.54, 1.807) is 4.57 Å². The Labute approximate surface area is 204 Å². The van der Waals surface area contributed by atoms with Crippen LogP contribution in [0, 0.1) is 5.92 Å². The van der Waals surface area contributed by atoms with E-state index in [1.165, 1.54) is 35.2 Å². The van der Waals surface area contributed by atoms with E-state index >= 15 is 0 Å². The molecule has 0 radical (unpaired) electrons. The number of carbonyl (C=O) groups excluding carboxylic acids is 1. The molecule has 1 amide bonds. The van der Waals surface area contributed by atoms with Gasteiger partial charge in [0.25, 0.3) is 5.56 Å². The molecule has 2 heterocycles. The van der Waals surface area contributed by atoms with Crippen LogP contribution in [-0.2, 0) is 24.4 Å². The fourth-order valence-corrected chi connectivity index (χ4v) is 3.92. The third-order valence-corrected chi connectivity index (χ3v) is 5.41. The number of ether oxygens (including phenoxy) is 1. The normalized spacial score (nSPS) is 11.4. The van der Waals surface area contributed by atoms with Crippen molar-refractivity contribution in [2.24, 2.45) is 5.92 Å². The quantitative estimate of drug-likeness (QED) is 0.383. The minimum absolute atomic E-state index is 0.00797. The van der Waals surface area contributed by atoms with Crippen molar-refractivity contribution in [3.63, 3.8) is 0 Å². The van der Waals surface area contributed by atoms with E-state index in [1.807, 2.05) is 44.2 Å². The molecule has 11 heteroatoms. The molecule has 0 unspecified atom stereocenters. The number of nitrogens with zero attached hydrogens (tertiary/aromatic N) is 4. The van der Waals surface area contributed by atoms with Crippen molar-refractivity contribution in [3.8, 4) is 5.75 Å². The van der Waals surface area contributed by atoms with Gasteiger partial charge in [0.15, 0.2) is 11.2 Å². The number of anilines is 1. The largest absolute Gasteiger partial charge is 0.433 e. The van der Waals surface area contributed by atoms with Gasteiger partial charge in [0.2, 0.25) is 5.91 Å². The molecule has 4 aromatic rings. The second-order valence-electron chi connectivity index (χ2n) is 8.63. The van der Waals surface area contributed by atoms with Crippen LogP contribution < -0.4 is 21.3 Å². The minimum Gasteiger partial charge on any atom is -0.433 e.